The number of fused-ring (bicyclic) bond motifs is 3. The molecule has 2 aromatic heterocycles. The summed E-state index contributed by atoms with van der Waals surface area (Å²) in [5.74, 6) is -0.0300. The summed E-state index contributed by atoms with van der Waals surface area (Å²) >= 11 is 1.65. The molecule has 2 heterocycles. The number of nitrogens with zero attached hydrogens (tertiary/aromatic N) is 2. The van der Waals surface area contributed by atoms with Crippen LogP contribution in [0.1, 0.15) is 43.0 Å². The number of hydrogen-bond acceptors (Lipinski definition) is 5. The van der Waals surface area contributed by atoms with Crippen LogP contribution in [0.5, 0.6) is 0 Å². The molecule has 3 rings (SSSR count). The molecule has 0 saturated heterocycles. The Morgan fingerprint density at radius 2 is 2.08 bits per heavy atom. The highest BCUT2D eigenvalue weighted by atomic mass is 35.5. The normalized spacial score (nSPS) is 13.3. The average molecular weight is 399 g/mol. The Bertz CT molecular complexity index is 802. The van der Waals surface area contributed by atoms with Gasteiger partial charge in [0, 0.05) is 30.9 Å². The summed E-state index contributed by atoms with van der Waals surface area (Å²) in [4.78, 5) is 31.4. The highest BCUT2D eigenvalue weighted by molar-refractivity contribution is 7.18. The van der Waals surface area contributed by atoms with Gasteiger partial charge in [-0.1, -0.05) is 6.92 Å². The number of halogens is 1. The molecule has 0 radical (unpaired) electrons. The SMILES string of the molecule is CCCNCCNC(=O)CCn1cnc2sc3c(c2c1=O)CCCC3.Cl. The number of nitrogens with one attached hydrogen (secondary N) is 2. The Morgan fingerprint density at radius 3 is 2.88 bits per heavy atom. The number of hydrogen-bond donors (Lipinski definition) is 2. The number of carbonyl (C=O) groups is 1. The maximum Gasteiger partial charge on any atom is 0.262 e. The molecule has 0 spiro atoms. The van der Waals surface area contributed by atoms with Gasteiger partial charge in [0.2, 0.25) is 5.91 Å². The van der Waals surface area contributed by atoms with Crippen molar-refractivity contribution in [3.05, 3.63) is 27.1 Å². The second-order valence-corrected chi connectivity index (χ2v) is 7.57. The molecule has 6 nitrogen and oxygen atoms in total. The van der Waals surface area contributed by atoms with Gasteiger partial charge in [-0.25, -0.2) is 4.98 Å². The van der Waals surface area contributed by atoms with Crippen LogP contribution in [-0.4, -0.2) is 35.1 Å². The highest BCUT2D eigenvalue weighted by Crippen LogP contribution is 2.33. The number of aryl methyl sites for hydroxylation is 3. The third-order valence-corrected chi connectivity index (χ3v) is 5.77. The van der Waals surface area contributed by atoms with Crippen molar-refractivity contribution in [2.75, 3.05) is 19.6 Å². The third kappa shape index (κ3) is 4.84. The quantitative estimate of drug-likeness (QED) is 0.669. The molecule has 0 aliphatic heterocycles. The molecule has 2 N–H and O–H groups in total. The summed E-state index contributed by atoms with van der Waals surface area (Å²) in [6, 6.07) is 0. The second-order valence-electron chi connectivity index (χ2n) is 6.48. The van der Waals surface area contributed by atoms with Crippen molar-refractivity contribution < 1.29 is 4.79 Å². The van der Waals surface area contributed by atoms with Gasteiger partial charge in [0.05, 0.1) is 11.7 Å². The maximum absolute atomic E-state index is 12.8. The van der Waals surface area contributed by atoms with Crippen LogP contribution in [0.25, 0.3) is 10.2 Å². The van der Waals surface area contributed by atoms with E-state index in [0.29, 0.717) is 19.5 Å². The zero-order valence-corrected chi connectivity index (χ0v) is 16.8. The molecule has 144 valence electrons. The van der Waals surface area contributed by atoms with Crippen LogP contribution < -0.4 is 16.2 Å². The van der Waals surface area contributed by atoms with Gasteiger partial charge in [0.25, 0.3) is 5.56 Å². The summed E-state index contributed by atoms with van der Waals surface area (Å²) < 4.78 is 1.58. The summed E-state index contributed by atoms with van der Waals surface area (Å²) in [6.45, 7) is 4.83. The summed E-state index contributed by atoms with van der Waals surface area (Å²) in [6.07, 6.45) is 7.34. The first kappa shape index (κ1) is 20.9. The predicted octanol–water partition coefficient (Wildman–Crippen LogP) is 2.26. The van der Waals surface area contributed by atoms with E-state index in [1.807, 2.05) is 0 Å². The molecule has 0 atom stereocenters. The number of thiophene rings is 1. The molecule has 0 unspecified atom stereocenters. The van der Waals surface area contributed by atoms with E-state index in [2.05, 4.69) is 22.5 Å². The van der Waals surface area contributed by atoms with E-state index in [9.17, 15) is 9.59 Å². The van der Waals surface area contributed by atoms with Gasteiger partial charge in [-0.15, -0.1) is 23.7 Å². The molecular formula is C18H27ClN4O2S. The molecule has 26 heavy (non-hydrogen) atoms. The minimum Gasteiger partial charge on any atom is -0.355 e. The first-order chi connectivity index (χ1) is 12.2. The fourth-order valence-corrected chi connectivity index (χ4v) is 4.46. The highest BCUT2D eigenvalue weighted by Gasteiger charge is 2.20. The molecule has 0 bridgehead atoms. The minimum absolute atomic E-state index is 0. The van der Waals surface area contributed by atoms with Crippen LogP contribution in [0.15, 0.2) is 11.1 Å². The molecule has 1 aliphatic rings. The van der Waals surface area contributed by atoms with Crippen molar-refractivity contribution in [2.24, 2.45) is 0 Å². The fraction of sp³-hybridized carbons (Fsp3) is 0.611. The van der Waals surface area contributed by atoms with E-state index >= 15 is 0 Å². The summed E-state index contributed by atoms with van der Waals surface area (Å²) in [5.41, 5.74) is 1.20. The van der Waals surface area contributed by atoms with Gasteiger partial charge in [-0.05, 0) is 44.2 Å². The van der Waals surface area contributed by atoms with Crippen molar-refractivity contribution in [2.45, 2.75) is 52.0 Å². The minimum atomic E-state index is -0.0300. The molecule has 1 amide bonds. The van der Waals surface area contributed by atoms with E-state index in [-0.39, 0.29) is 23.9 Å². The number of amides is 1. The lowest BCUT2D eigenvalue weighted by molar-refractivity contribution is -0.121. The second kappa shape index (κ2) is 10.0. The Labute approximate surface area is 163 Å². The van der Waals surface area contributed by atoms with Crippen LogP contribution in [0, 0.1) is 0 Å². The number of aromatic nitrogens is 2. The van der Waals surface area contributed by atoms with Crippen LogP contribution in [0.3, 0.4) is 0 Å². The monoisotopic (exact) mass is 398 g/mol. The first-order valence-corrected chi connectivity index (χ1v) is 9.99. The zero-order chi connectivity index (χ0) is 17.6. The smallest absolute Gasteiger partial charge is 0.262 e. The van der Waals surface area contributed by atoms with Gasteiger partial charge < -0.3 is 10.6 Å². The van der Waals surface area contributed by atoms with E-state index in [1.54, 1.807) is 22.2 Å². The molecule has 0 aromatic carbocycles. The lowest BCUT2D eigenvalue weighted by atomic mass is 9.97. The van der Waals surface area contributed by atoms with Crippen LogP contribution in [0.4, 0.5) is 0 Å². The van der Waals surface area contributed by atoms with Gasteiger partial charge in [-0.3, -0.25) is 14.2 Å². The molecule has 1 aliphatic carbocycles. The molecule has 0 fully saturated rings. The Kier molecular flexibility index (Phi) is 8.06. The van der Waals surface area contributed by atoms with E-state index < -0.39 is 0 Å². The van der Waals surface area contributed by atoms with Gasteiger partial charge >= 0.3 is 0 Å². The lowest BCUT2D eigenvalue weighted by Crippen LogP contribution is -2.33. The molecule has 2 aromatic rings. The molecule has 0 saturated carbocycles. The van der Waals surface area contributed by atoms with E-state index in [4.69, 9.17) is 0 Å². The van der Waals surface area contributed by atoms with E-state index in [1.165, 1.54) is 16.9 Å². The van der Waals surface area contributed by atoms with Gasteiger partial charge in [0.15, 0.2) is 0 Å². The van der Waals surface area contributed by atoms with Crippen LogP contribution >= 0.6 is 23.7 Å². The lowest BCUT2D eigenvalue weighted by Gasteiger charge is -2.10. The first-order valence-electron chi connectivity index (χ1n) is 9.17. The van der Waals surface area contributed by atoms with Gasteiger partial charge in [-0.2, -0.15) is 0 Å². The fourth-order valence-electron chi connectivity index (χ4n) is 3.24. The largest absolute Gasteiger partial charge is 0.355 e. The van der Waals surface area contributed by atoms with Crippen molar-refractivity contribution in [1.29, 1.82) is 0 Å². The van der Waals surface area contributed by atoms with E-state index in [0.717, 1.165) is 49.0 Å². The average Bonchev–Trinajstić information content (AvgIpc) is 3.00. The third-order valence-electron chi connectivity index (χ3n) is 4.57. The number of carbonyl (C=O) groups excluding carboxylic acids is 1. The number of rotatable bonds is 8. The topological polar surface area (TPSA) is 76.0 Å². The summed E-state index contributed by atoms with van der Waals surface area (Å²) in [5, 5.41) is 6.90. The molecular weight excluding hydrogens is 372 g/mol. The zero-order valence-electron chi connectivity index (χ0n) is 15.2. The Balaban J connectivity index is 0.00000243. The van der Waals surface area contributed by atoms with Gasteiger partial charge in [0.1, 0.15) is 4.83 Å². The van der Waals surface area contributed by atoms with Crippen molar-refractivity contribution in [3.8, 4) is 0 Å². The molecule has 8 heteroatoms. The van der Waals surface area contributed by atoms with Crippen molar-refractivity contribution in [1.82, 2.24) is 20.2 Å². The van der Waals surface area contributed by atoms with Crippen LogP contribution in [-0.2, 0) is 24.2 Å². The van der Waals surface area contributed by atoms with Crippen molar-refractivity contribution in [3.63, 3.8) is 0 Å². The maximum atomic E-state index is 12.8. The predicted molar refractivity (Wildman–Crippen MR) is 109 cm³/mol. The van der Waals surface area contributed by atoms with Crippen LogP contribution in [0.2, 0.25) is 0 Å². The summed E-state index contributed by atoms with van der Waals surface area (Å²) in [7, 11) is 0. The Hall–Kier alpha value is -1.44. The standard InChI is InChI=1S/C18H26N4O2S.ClH/c1-2-8-19-9-10-20-15(23)7-11-22-12-21-17-16(18(22)24)13-5-3-4-6-14(13)25-17;/h12,19H,2-11H2,1H3,(H,20,23);1H. The van der Waals surface area contributed by atoms with Crippen molar-refractivity contribution >= 4 is 39.9 Å². The Morgan fingerprint density at radius 1 is 1.27 bits per heavy atom.